The fraction of sp³-hybridized carbons (Fsp3) is 0.364. The minimum Gasteiger partial charge on any atom is -0.300 e. The summed E-state index contributed by atoms with van der Waals surface area (Å²) in [5.74, 6) is 0.558. The summed E-state index contributed by atoms with van der Waals surface area (Å²) in [5.41, 5.74) is 1.21. The van der Waals surface area contributed by atoms with E-state index in [-0.39, 0.29) is 5.78 Å². The smallest absolute Gasteiger partial charge is 0.130 e. The molecule has 13 heavy (non-hydrogen) atoms. The Hall–Kier alpha value is -0.630. The van der Waals surface area contributed by atoms with Crippen LogP contribution in [0, 0.1) is 0 Å². The van der Waals surface area contributed by atoms with E-state index in [1.54, 1.807) is 6.92 Å². The van der Waals surface area contributed by atoms with Crippen molar-refractivity contribution in [2.24, 2.45) is 0 Å². The topological polar surface area (TPSA) is 17.1 Å². The molecular weight excluding hydrogens is 228 g/mol. The lowest BCUT2D eigenvalue weighted by atomic mass is 9.96. The molecule has 0 saturated carbocycles. The molecule has 0 bridgehead atoms. The second-order valence-corrected chi connectivity index (χ2v) is 4.28. The van der Waals surface area contributed by atoms with Gasteiger partial charge >= 0.3 is 0 Å². The van der Waals surface area contributed by atoms with Gasteiger partial charge in [-0.1, -0.05) is 35.0 Å². The summed E-state index contributed by atoms with van der Waals surface area (Å²) in [6.07, 6.45) is 0.621. The molecule has 70 valence electrons. The van der Waals surface area contributed by atoms with E-state index in [4.69, 9.17) is 0 Å². The Kier molecular flexibility index (Phi) is 3.67. The summed E-state index contributed by atoms with van der Waals surface area (Å²) >= 11 is 3.41. The van der Waals surface area contributed by atoms with Gasteiger partial charge in [0.1, 0.15) is 5.78 Å². The first-order valence-electron chi connectivity index (χ1n) is 4.34. The van der Waals surface area contributed by atoms with E-state index in [1.165, 1.54) is 5.56 Å². The summed E-state index contributed by atoms with van der Waals surface area (Å²) < 4.78 is 1.07. The SMILES string of the molecule is CC(=O)CC(C)c1cccc(Br)c1. The number of Topliss-reactive ketones (excluding diaryl/α,β-unsaturated/α-hetero) is 1. The van der Waals surface area contributed by atoms with E-state index in [2.05, 4.69) is 35.0 Å². The number of carbonyl (C=O) groups is 1. The van der Waals surface area contributed by atoms with Gasteiger partial charge in [-0.25, -0.2) is 0 Å². The van der Waals surface area contributed by atoms with Gasteiger partial charge in [0.25, 0.3) is 0 Å². The lowest BCUT2D eigenvalue weighted by Gasteiger charge is -2.09. The highest BCUT2D eigenvalue weighted by molar-refractivity contribution is 9.10. The molecule has 0 aliphatic carbocycles. The highest BCUT2D eigenvalue weighted by Gasteiger charge is 2.07. The van der Waals surface area contributed by atoms with Crippen molar-refractivity contribution in [1.29, 1.82) is 0 Å². The molecule has 0 fully saturated rings. The first kappa shape index (κ1) is 10.5. The predicted octanol–water partition coefficient (Wildman–Crippen LogP) is 3.53. The summed E-state index contributed by atoms with van der Waals surface area (Å²) in [5, 5.41) is 0. The van der Waals surface area contributed by atoms with Crippen molar-refractivity contribution in [3.05, 3.63) is 34.3 Å². The Labute approximate surface area is 87.3 Å². The van der Waals surface area contributed by atoms with E-state index < -0.39 is 0 Å². The highest BCUT2D eigenvalue weighted by atomic mass is 79.9. The molecule has 1 aromatic rings. The predicted molar refractivity (Wildman–Crippen MR) is 57.9 cm³/mol. The number of halogens is 1. The van der Waals surface area contributed by atoms with Crippen LogP contribution in [0.5, 0.6) is 0 Å². The molecule has 0 saturated heterocycles. The highest BCUT2D eigenvalue weighted by Crippen LogP contribution is 2.22. The van der Waals surface area contributed by atoms with Crippen LogP contribution in [0.1, 0.15) is 31.7 Å². The molecule has 2 heteroatoms. The maximum atomic E-state index is 10.9. The normalized spacial score (nSPS) is 12.5. The Morgan fingerprint density at radius 3 is 2.77 bits per heavy atom. The summed E-state index contributed by atoms with van der Waals surface area (Å²) in [4.78, 5) is 10.9. The van der Waals surface area contributed by atoms with Gasteiger partial charge in [-0.3, -0.25) is 0 Å². The zero-order valence-electron chi connectivity index (χ0n) is 7.88. The van der Waals surface area contributed by atoms with Gasteiger partial charge in [-0.05, 0) is 30.5 Å². The zero-order chi connectivity index (χ0) is 9.84. The standard InChI is InChI=1S/C11H13BrO/c1-8(6-9(2)13)10-4-3-5-11(12)7-10/h3-5,7-8H,6H2,1-2H3. The van der Waals surface area contributed by atoms with Crippen LogP contribution < -0.4 is 0 Å². The van der Waals surface area contributed by atoms with E-state index in [1.807, 2.05) is 12.1 Å². The Balaban J connectivity index is 2.76. The first-order valence-corrected chi connectivity index (χ1v) is 5.14. The molecule has 0 N–H and O–H groups in total. The molecule has 0 aliphatic rings. The van der Waals surface area contributed by atoms with Crippen LogP contribution in [-0.2, 0) is 4.79 Å². The van der Waals surface area contributed by atoms with E-state index in [0.29, 0.717) is 12.3 Å². The third-order valence-corrected chi connectivity index (χ3v) is 2.50. The molecular formula is C11H13BrO. The molecule has 1 nitrogen and oxygen atoms in total. The van der Waals surface area contributed by atoms with E-state index >= 15 is 0 Å². The largest absolute Gasteiger partial charge is 0.300 e. The minimum atomic E-state index is 0.243. The molecule has 0 aromatic heterocycles. The minimum absolute atomic E-state index is 0.243. The van der Waals surface area contributed by atoms with Gasteiger partial charge in [0.2, 0.25) is 0 Å². The summed E-state index contributed by atoms with van der Waals surface area (Å²) in [6.45, 7) is 3.71. The maximum Gasteiger partial charge on any atom is 0.130 e. The quantitative estimate of drug-likeness (QED) is 0.791. The Bertz CT molecular complexity index is 307. The fourth-order valence-electron chi connectivity index (χ4n) is 1.36. The van der Waals surface area contributed by atoms with Gasteiger partial charge in [0, 0.05) is 10.9 Å². The first-order chi connectivity index (χ1) is 6.09. The second kappa shape index (κ2) is 4.56. The molecule has 0 spiro atoms. The molecule has 1 unspecified atom stereocenters. The van der Waals surface area contributed by atoms with Crippen LogP contribution in [0.4, 0.5) is 0 Å². The Morgan fingerprint density at radius 2 is 2.23 bits per heavy atom. The van der Waals surface area contributed by atoms with Gasteiger partial charge < -0.3 is 4.79 Å². The summed E-state index contributed by atoms with van der Waals surface area (Å²) in [6, 6.07) is 8.10. The number of hydrogen-bond acceptors (Lipinski definition) is 1. The van der Waals surface area contributed by atoms with Crippen molar-refractivity contribution < 1.29 is 4.79 Å². The molecule has 0 heterocycles. The fourth-order valence-corrected chi connectivity index (χ4v) is 1.78. The number of rotatable bonds is 3. The van der Waals surface area contributed by atoms with Crippen molar-refractivity contribution in [2.45, 2.75) is 26.2 Å². The van der Waals surface area contributed by atoms with Crippen LogP contribution in [0.3, 0.4) is 0 Å². The number of ketones is 1. The van der Waals surface area contributed by atoms with Crippen molar-refractivity contribution in [3.8, 4) is 0 Å². The monoisotopic (exact) mass is 240 g/mol. The number of benzene rings is 1. The van der Waals surface area contributed by atoms with Crippen molar-refractivity contribution in [3.63, 3.8) is 0 Å². The van der Waals surface area contributed by atoms with Crippen LogP contribution in [-0.4, -0.2) is 5.78 Å². The van der Waals surface area contributed by atoms with E-state index in [0.717, 1.165) is 4.47 Å². The molecule has 0 amide bonds. The molecule has 1 atom stereocenters. The van der Waals surface area contributed by atoms with Gasteiger partial charge in [0.05, 0.1) is 0 Å². The number of carbonyl (C=O) groups excluding carboxylic acids is 1. The zero-order valence-corrected chi connectivity index (χ0v) is 9.47. The van der Waals surface area contributed by atoms with Crippen molar-refractivity contribution in [1.82, 2.24) is 0 Å². The third kappa shape index (κ3) is 3.31. The second-order valence-electron chi connectivity index (χ2n) is 3.36. The van der Waals surface area contributed by atoms with Gasteiger partial charge in [-0.2, -0.15) is 0 Å². The van der Waals surface area contributed by atoms with Gasteiger partial charge in [-0.15, -0.1) is 0 Å². The lowest BCUT2D eigenvalue weighted by Crippen LogP contribution is -1.99. The molecule has 1 rings (SSSR count). The average Bonchev–Trinajstić information content (AvgIpc) is 2.03. The van der Waals surface area contributed by atoms with Crippen LogP contribution >= 0.6 is 15.9 Å². The molecule has 1 aromatic carbocycles. The van der Waals surface area contributed by atoms with Gasteiger partial charge in [0.15, 0.2) is 0 Å². The van der Waals surface area contributed by atoms with E-state index in [9.17, 15) is 4.79 Å². The van der Waals surface area contributed by atoms with Crippen LogP contribution in [0.15, 0.2) is 28.7 Å². The maximum absolute atomic E-state index is 10.9. The van der Waals surface area contributed by atoms with Crippen LogP contribution in [0.2, 0.25) is 0 Å². The molecule has 0 aliphatic heterocycles. The molecule has 0 radical (unpaired) electrons. The van der Waals surface area contributed by atoms with Crippen LogP contribution in [0.25, 0.3) is 0 Å². The average molecular weight is 241 g/mol. The Morgan fingerprint density at radius 1 is 1.54 bits per heavy atom. The number of hydrogen-bond donors (Lipinski definition) is 0. The lowest BCUT2D eigenvalue weighted by molar-refractivity contribution is -0.117. The van der Waals surface area contributed by atoms with Crippen molar-refractivity contribution in [2.75, 3.05) is 0 Å². The summed E-state index contributed by atoms with van der Waals surface area (Å²) in [7, 11) is 0. The van der Waals surface area contributed by atoms with Crippen molar-refractivity contribution >= 4 is 21.7 Å². The third-order valence-electron chi connectivity index (χ3n) is 2.01.